The van der Waals surface area contributed by atoms with E-state index in [1.165, 1.54) is 5.57 Å². The van der Waals surface area contributed by atoms with E-state index in [1.54, 1.807) is 19.1 Å². The summed E-state index contributed by atoms with van der Waals surface area (Å²) in [6.45, 7) is 4.49. The molecule has 2 heterocycles. The molecule has 2 N–H and O–H groups in total. The van der Waals surface area contributed by atoms with Gasteiger partial charge in [-0.15, -0.1) is 12.3 Å². The number of allylic oxidation sites excluding steroid dienone is 6. The molecular weight excluding hydrogens is 421 g/mol. The highest BCUT2D eigenvalue weighted by Gasteiger charge is 2.29. The van der Waals surface area contributed by atoms with Gasteiger partial charge in [0.05, 0.1) is 6.61 Å². The molecule has 2 aliphatic heterocycles. The Balaban J connectivity index is 0.000000968. The maximum absolute atomic E-state index is 13.6. The van der Waals surface area contributed by atoms with Crippen LogP contribution in [0, 0.1) is 24.2 Å². The van der Waals surface area contributed by atoms with E-state index in [1.807, 2.05) is 24.3 Å². The summed E-state index contributed by atoms with van der Waals surface area (Å²) in [5.41, 5.74) is 2.34. The first-order valence-corrected chi connectivity index (χ1v) is 11.6. The van der Waals surface area contributed by atoms with E-state index in [-0.39, 0.29) is 19.2 Å². The molecule has 4 rings (SSSR count). The third-order valence-electron chi connectivity index (χ3n) is 6.03. The number of fused-ring (bicyclic) bond motifs is 1. The molecule has 3 aliphatic rings. The minimum atomic E-state index is -0.195. The fourth-order valence-electron chi connectivity index (χ4n) is 4.40. The second-order valence-corrected chi connectivity index (χ2v) is 8.35. The molecular formula is C27H34FNO4. The average molecular weight is 456 g/mol. The fourth-order valence-corrected chi connectivity index (χ4v) is 4.40. The van der Waals surface area contributed by atoms with Crippen LogP contribution < -0.4 is 19.5 Å². The molecule has 33 heavy (non-hydrogen) atoms. The van der Waals surface area contributed by atoms with Crippen molar-refractivity contribution in [3.05, 3.63) is 53.4 Å². The van der Waals surface area contributed by atoms with E-state index in [0.29, 0.717) is 24.2 Å². The summed E-state index contributed by atoms with van der Waals surface area (Å²) in [5, 5.41) is 12.6. The number of aliphatic hydroxyl groups is 1. The number of aryl methyl sites for hydroxylation is 1. The third kappa shape index (κ3) is 7.12. The Morgan fingerprint density at radius 3 is 2.82 bits per heavy atom. The van der Waals surface area contributed by atoms with Gasteiger partial charge in [0, 0.05) is 25.1 Å². The van der Waals surface area contributed by atoms with Gasteiger partial charge in [-0.2, -0.15) is 0 Å². The SMILES string of the molecule is C#CC.OCCCCc1cc2c(cc1OC[C@@H]1CNCC[C@H]1C1=CC=C(F)C=CC1)OCO2. The molecule has 0 unspecified atom stereocenters. The summed E-state index contributed by atoms with van der Waals surface area (Å²) >= 11 is 0. The number of hydrogen-bond donors (Lipinski definition) is 2. The smallest absolute Gasteiger partial charge is 0.231 e. The molecule has 0 bridgehead atoms. The van der Waals surface area contributed by atoms with Crippen molar-refractivity contribution < 1.29 is 23.7 Å². The molecule has 0 radical (unpaired) electrons. The van der Waals surface area contributed by atoms with Crippen LogP contribution in [0.15, 0.2) is 47.8 Å². The lowest BCUT2D eigenvalue weighted by Crippen LogP contribution is -2.40. The fraction of sp³-hybridized carbons (Fsp3) is 0.481. The summed E-state index contributed by atoms with van der Waals surface area (Å²) in [7, 11) is 0. The Bertz CT molecular complexity index is 915. The Morgan fingerprint density at radius 1 is 1.24 bits per heavy atom. The highest BCUT2D eigenvalue weighted by Crippen LogP contribution is 2.39. The number of hydrogen-bond acceptors (Lipinski definition) is 5. The van der Waals surface area contributed by atoms with Gasteiger partial charge in [0.25, 0.3) is 0 Å². The Hall–Kier alpha value is -2.75. The monoisotopic (exact) mass is 455 g/mol. The summed E-state index contributed by atoms with van der Waals surface area (Å²) in [6, 6.07) is 3.92. The number of piperidine rings is 1. The van der Waals surface area contributed by atoms with E-state index >= 15 is 0 Å². The summed E-state index contributed by atoms with van der Waals surface area (Å²) in [6.07, 6.45) is 15.8. The lowest BCUT2D eigenvalue weighted by atomic mass is 9.80. The van der Waals surface area contributed by atoms with Crippen LogP contribution in [0.5, 0.6) is 17.2 Å². The zero-order valence-electron chi connectivity index (χ0n) is 19.3. The van der Waals surface area contributed by atoms with Crippen LogP contribution in [0.25, 0.3) is 0 Å². The molecule has 1 aromatic rings. The van der Waals surface area contributed by atoms with Gasteiger partial charge >= 0.3 is 0 Å². The van der Waals surface area contributed by atoms with E-state index in [4.69, 9.17) is 19.3 Å². The molecule has 1 aromatic carbocycles. The topological polar surface area (TPSA) is 60.0 Å². The highest BCUT2D eigenvalue weighted by molar-refractivity contribution is 5.52. The number of unbranched alkanes of at least 4 members (excludes halogenated alkanes) is 1. The summed E-state index contributed by atoms with van der Waals surface area (Å²) in [5.74, 6) is 5.02. The molecule has 0 saturated carbocycles. The van der Waals surface area contributed by atoms with Crippen LogP contribution >= 0.6 is 0 Å². The number of aliphatic hydroxyl groups excluding tert-OH is 1. The maximum Gasteiger partial charge on any atom is 0.231 e. The van der Waals surface area contributed by atoms with Crippen molar-refractivity contribution in [2.75, 3.05) is 33.1 Å². The van der Waals surface area contributed by atoms with E-state index < -0.39 is 0 Å². The van der Waals surface area contributed by atoms with Crippen LogP contribution in [0.1, 0.15) is 38.2 Å². The molecule has 1 fully saturated rings. The Labute approximate surface area is 196 Å². The number of halogens is 1. The normalized spacial score (nSPS) is 21.2. The van der Waals surface area contributed by atoms with Crippen molar-refractivity contribution >= 4 is 0 Å². The molecule has 1 aliphatic carbocycles. The number of terminal acetylenes is 1. The standard InChI is InChI=1S/C24H30FNO4.C3H4/c25-20-6-3-5-17(7-8-20)21-9-10-26-14-19(21)15-28-22-13-24-23(29-16-30-24)12-18(22)4-1-2-11-27;1-3-2/h3,6-8,12-13,19,21,26-27H,1-2,4-5,9-11,14-16H2;1H,2H3/t19-,21-;/m0./s1. The van der Waals surface area contributed by atoms with Crippen LogP contribution in [0.4, 0.5) is 4.39 Å². The molecule has 6 heteroatoms. The zero-order valence-corrected chi connectivity index (χ0v) is 19.3. The van der Waals surface area contributed by atoms with Crippen LogP contribution in [-0.2, 0) is 6.42 Å². The number of rotatable bonds is 8. The first-order chi connectivity index (χ1) is 16.2. The van der Waals surface area contributed by atoms with Gasteiger partial charge in [-0.05, 0) is 75.3 Å². The molecule has 1 saturated heterocycles. The van der Waals surface area contributed by atoms with Crippen LogP contribution in [0.2, 0.25) is 0 Å². The van der Waals surface area contributed by atoms with Gasteiger partial charge in [0.15, 0.2) is 11.5 Å². The van der Waals surface area contributed by atoms with Gasteiger partial charge in [-0.25, -0.2) is 4.39 Å². The lowest BCUT2D eigenvalue weighted by Gasteiger charge is -2.34. The quantitative estimate of drug-likeness (QED) is 0.439. The van der Waals surface area contributed by atoms with Crippen molar-refractivity contribution in [3.8, 4) is 29.6 Å². The molecule has 178 valence electrons. The second-order valence-electron chi connectivity index (χ2n) is 8.35. The van der Waals surface area contributed by atoms with Gasteiger partial charge in [0.1, 0.15) is 11.6 Å². The van der Waals surface area contributed by atoms with Crippen molar-refractivity contribution in [2.45, 2.75) is 39.0 Å². The molecule has 5 nitrogen and oxygen atoms in total. The first kappa shape index (κ1) is 24.9. The molecule has 2 atom stereocenters. The van der Waals surface area contributed by atoms with E-state index in [0.717, 1.165) is 62.3 Å². The second kappa shape index (κ2) is 13.1. The van der Waals surface area contributed by atoms with Crippen molar-refractivity contribution in [3.63, 3.8) is 0 Å². The highest BCUT2D eigenvalue weighted by atomic mass is 19.1. The molecule has 0 aromatic heterocycles. The Morgan fingerprint density at radius 2 is 2.03 bits per heavy atom. The maximum atomic E-state index is 13.6. The predicted octanol–water partition coefficient (Wildman–Crippen LogP) is 4.71. The first-order valence-electron chi connectivity index (χ1n) is 11.6. The zero-order chi connectivity index (χ0) is 23.5. The minimum absolute atomic E-state index is 0.189. The molecule has 0 spiro atoms. The number of ether oxygens (including phenoxy) is 3. The molecule has 0 amide bonds. The van der Waals surface area contributed by atoms with Gasteiger partial charge in [-0.3, -0.25) is 0 Å². The van der Waals surface area contributed by atoms with Crippen LogP contribution in [-0.4, -0.2) is 38.2 Å². The summed E-state index contributed by atoms with van der Waals surface area (Å²) in [4.78, 5) is 0. The van der Waals surface area contributed by atoms with Crippen molar-refractivity contribution in [1.29, 1.82) is 0 Å². The predicted molar refractivity (Wildman–Crippen MR) is 128 cm³/mol. The van der Waals surface area contributed by atoms with E-state index in [2.05, 4.69) is 17.7 Å². The van der Waals surface area contributed by atoms with Gasteiger partial charge in [0.2, 0.25) is 6.79 Å². The van der Waals surface area contributed by atoms with Crippen molar-refractivity contribution in [1.82, 2.24) is 5.32 Å². The van der Waals surface area contributed by atoms with Gasteiger partial charge < -0.3 is 24.6 Å². The van der Waals surface area contributed by atoms with Crippen LogP contribution in [0.3, 0.4) is 0 Å². The number of benzene rings is 1. The third-order valence-corrected chi connectivity index (χ3v) is 6.03. The van der Waals surface area contributed by atoms with Crippen molar-refractivity contribution in [2.24, 2.45) is 11.8 Å². The minimum Gasteiger partial charge on any atom is -0.493 e. The Kier molecular flexibility index (Phi) is 9.86. The summed E-state index contributed by atoms with van der Waals surface area (Å²) < 4.78 is 31.0. The van der Waals surface area contributed by atoms with Gasteiger partial charge in [-0.1, -0.05) is 17.7 Å². The lowest BCUT2D eigenvalue weighted by molar-refractivity contribution is 0.171. The van der Waals surface area contributed by atoms with E-state index in [9.17, 15) is 4.39 Å². The average Bonchev–Trinajstić information content (AvgIpc) is 3.17. The number of nitrogens with one attached hydrogen (secondary N) is 1. The largest absolute Gasteiger partial charge is 0.493 e.